The Morgan fingerprint density at radius 1 is 1.21 bits per heavy atom. The molecule has 3 aromatic rings. The van der Waals surface area contributed by atoms with E-state index in [9.17, 15) is 4.79 Å². The van der Waals surface area contributed by atoms with Crippen molar-refractivity contribution in [2.45, 2.75) is 31.5 Å². The minimum atomic E-state index is -0.204. The highest BCUT2D eigenvalue weighted by Gasteiger charge is 2.16. The number of hydrogen-bond acceptors (Lipinski definition) is 5. The monoisotopic (exact) mass is 430 g/mol. The lowest BCUT2D eigenvalue weighted by molar-refractivity contribution is 0.0949. The molecule has 6 nitrogen and oxygen atoms in total. The number of benzene rings is 2. The van der Waals surface area contributed by atoms with Gasteiger partial charge in [-0.15, -0.1) is 10.2 Å². The van der Waals surface area contributed by atoms with E-state index in [0.717, 1.165) is 29.4 Å². The van der Waals surface area contributed by atoms with Crippen LogP contribution in [0.5, 0.6) is 5.75 Å². The van der Waals surface area contributed by atoms with Crippen LogP contribution in [0.2, 0.25) is 5.02 Å². The zero-order valence-electron chi connectivity index (χ0n) is 16.4. The zero-order chi connectivity index (χ0) is 20.6. The van der Waals surface area contributed by atoms with Gasteiger partial charge in [-0.25, -0.2) is 0 Å². The van der Waals surface area contributed by atoms with Gasteiger partial charge in [0.25, 0.3) is 5.91 Å². The third-order valence-corrected chi connectivity index (χ3v) is 5.49. The Labute approximate surface area is 179 Å². The smallest absolute Gasteiger partial charge is 0.251 e. The molecule has 0 aliphatic carbocycles. The van der Waals surface area contributed by atoms with Crippen molar-refractivity contribution in [1.29, 1.82) is 0 Å². The third-order valence-electron chi connectivity index (χ3n) is 4.23. The largest absolute Gasteiger partial charge is 0.497 e. The van der Waals surface area contributed by atoms with Gasteiger partial charge in [0.1, 0.15) is 5.75 Å². The van der Waals surface area contributed by atoms with Gasteiger partial charge in [0.15, 0.2) is 11.0 Å². The quantitative estimate of drug-likeness (QED) is 0.392. The summed E-state index contributed by atoms with van der Waals surface area (Å²) in [5.41, 5.74) is 1.39. The highest BCUT2D eigenvalue weighted by atomic mass is 35.5. The van der Waals surface area contributed by atoms with Gasteiger partial charge < -0.3 is 10.1 Å². The first-order valence-electron chi connectivity index (χ1n) is 9.37. The molecule has 1 heterocycles. The molecule has 1 aromatic heterocycles. The second-order valence-corrected chi connectivity index (χ2v) is 7.83. The normalized spacial score (nSPS) is 10.7. The summed E-state index contributed by atoms with van der Waals surface area (Å²) in [6, 6.07) is 14.5. The van der Waals surface area contributed by atoms with E-state index < -0.39 is 0 Å². The zero-order valence-corrected chi connectivity index (χ0v) is 18.0. The SMILES string of the molecule is CCCCSc1nnc(CNC(=O)c2cccc(OC)c2)n1-c1cccc(Cl)c1. The van der Waals surface area contributed by atoms with E-state index in [1.165, 1.54) is 0 Å². The fraction of sp³-hybridized carbons (Fsp3) is 0.286. The molecule has 0 bridgehead atoms. The predicted octanol–water partition coefficient (Wildman–Crippen LogP) is 4.75. The van der Waals surface area contributed by atoms with Crippen molar-refractivity contribution in [2.24, 2.45) is 0 Å². The van der Waals surface area contributed by atoms with Crippen LogP contribution in [0.1, 0.15) is 35.9 Å². The first-order valence-corrected chi connectivity index (χ1v) is 10.7. The van der Waals surface area contributed by atoms with Crippen LogP contribution in [-0.4, -0.2) is 33.5 Å². The lowest BCUT2D eigenvalue weighted by atomic mass is 10.2. The fourth-order valence-corrected chi connectivity index (χ4v) is 3.95. The minimum absolute atomic E-state index is 0.204. The first-order chi connectivity index (χ1) is 14.1. The summed E-state index contributed by atoms with van der Waals surface area (Å²) in [5.74, 6) is 2.02. The topological polar surface area (TPSA) is 69.0 Å². The number of ether oxygens (including phenoxy) is 1. The molecule has 0 saturated carbocycles. The summed E-state index contributed by atoms with van der Waals surface area (Å²) in [7, 11) is 1.57. The molecule has 0 unspecified atom stereocenters. The number of nitrogens with one attached hydrogen (secondary N) is 1. The molecule has 0 aliphatic heterocycles. The number of thioether (sulfide) groups is 1. The van der Waals surface area contributed by atoms with Crippen molar-refractivity contribution in [1.82, 2.24) is 20.1 Å². The van der Waals surface area contributed by atoms with Gasteiger partial charge in [-0.1, -0.05) is 48.8 Å². The minimum Gasteiger partial charge on any atom is -0.497 e. The number of methoxy groups -OCH3 is 1. The van der Waals surface area contributed by atoms with Gasteiger partial charge >= 0.3 is 0 Å². The van der Waals surface area contributed by atoms with E-state index in [1.54, 1.807) is 43.1 Å². The molecule has 0 aliphatic rings. The number of aromatic nitrogens is 3. The number of rotatable bonds is 9. The van der Waals surface area contributed by atoms with Crippen LogP contribution >= 0.6 is 23.4 Å². The standard InChI is InChI=1S/C21H23ClN4O2S/c1-3-4-11-29-21-25-24-19(26(21)17-9-6-8-16(22)13-17)14-23-20(27)15-7-5-10-18(12-15)28-2/h5-10,12-13H,3-4,11,14H2,1-2H3,(H,23,27). The number of nitrogens with zero attached hydrogens (tertiary/aromatic N) is 3. The predicted molar refractivity (Wildman–Crippen MR) is 116 cm³/mol. The molecule has 0 spiro atoms. The fourth-order valence-electron chi connectivity index (χ4n) is 2.72. The maximum atomic E-state index is 12.6. The van der Waals surface area contributed by atoms with Crippen molar-refractivity contribution < 1.29 is 9.53 Å². The number of halogens is 1. The lowest BCUT2D eigenvalue weighted by Gasteiger charge is -2.11. The van der Waals surface area contributed by atoms with Gasteiger partial charge in [-0.2, -0.15) is 0 Å². The lowest BCUT2D eigenvalue weighted by Crippen LogP contribution is -2.24. The Hall–Kier alpha value is -2.51. The summed E-state index contributed by atoms with van der Waals surface area (Å²) in [6.07, 6.45) is 2.21. The molecule has 8 heteroatoms. The van der Waals surface area contributed by atoms with Gasteiger partial charge in [-0.3, -0.25) is 9.36 Å². The first kappa shape index (κ1) is 21.2. The van der Waals surface area contributed by atoms with E-state index in [2.05, 4.69) is 22.4 Å². The maximum absolute atomic E-state index is 12.6. The van der Waals surface area contributed by atoms with E-state index in [-0.39, 0.29) is 12.5 Å². The molecule has 3 rings (SSSR count). The molecular weight excluding hydrogens is 408 g/mol. The number of unbranched alkanes of at least 4 members (excludes halogenated alkanes) is 1. The molecule has 1 N–H and O–H groups in total. The molecule has 0 fully saturated rings. The second kappa shape index (κ2) is 10.3. The summed E-state index contributed by atoms with van der Waals surface area (Å²) in [6.45, 7) is 2.39. The van der Waals surface area contributed by atoms with Gasteiger partial charge in [0, 0.05) is 16.3 Å². The highest BCUT2D eigenvalue weighted by molar-refractivity contribution is 7.99. The van der Waals surface area contributed by atoms with Crippen LogP contribution in [0.4, 0.5) is 0 Å². The Balaban J connectivity index is 1.81. The number of amides is 1. The molecule has 2 aromatic carbocycles. The molecule has 0 saturated heterocycles. The van der Waals surface area contributed by atoms with E-state index in [1.807, 2.05) is 28.8 Å². The van der Waals surface area contributed by atoms with Gasteiger partial charge in [-0.05, 0) is 42.8 Å². The Morgan fingerprint density at radius 3 is 2.79 bits per heavy atom. The third kappa shape index (κ3) is 5.52. The Morgan fingerprint density at radius 2 is 2.03 bits per heavy atom. The van der Waals surface area contributed by atoms with Crippen LogP contribution < -0.4 is 10.1 Å². The molecule has 152 valence electrons. The van der Waals surface area contributed by atoms with Crippen LogP contribution in [0.3, 0.4) is 0 Å². The highest BCUT2D eigenvalue weighted by Crippen LogP contribution is 2.25. The molecular formula is C21H23ClN4O2S. The Kier molecular flexibility index (Phi) is 7.55. The van der Waals surface area contributed by atoms with Crippen molar-refractivity contribution in [2.75, 3.05) is 12.9 Å². The summed E-state index contributed by atoms with van der Waals surface area (Å²) in [4.78, 5) is 12.6. The average Bonchev–Trinajstić information content (AvgIpc) is 3.15. The van der Waals surface area contributed by atoms with Crippen LogP contribution in [0, 0.1) is 0 Å². The van der Waals surface area contributed by atoms with Gasteiger partial charge in [0.05, 0.1) is 19.3 Å². The molecule has 0 radical (unpaired) electrons. The Bertz CT molecular complexity index is 977. The summed E-state index contributed by atoms with van der Waals surface area (Å²) in [5, 5.41) is 13.0. The van der Waals surface area contributed by atoms with Gasteiger partial charge in [0.2, 0.25) is 0 Å². The van der Waals surface area contributed by atoms with Crippen molar-refractivity contribution in [3.63, 3.8) is 0 Å². The van der Waals surface area contributed by atoms with E-state index in [0.29, 0.717) is 22.2 Å². The van der Waals surface area contributed by atoms with E-state index in [4.69, 9.17) is 16.3 Å². The second-order valence-electron chi connectivity index (χ2n) is 6.33. The van der Waals surface area contributed by atoms with Crippen molar-refractivity contribution in [3.05, 3.63) is 64.9 Å². The van der Waals surface area contributed by atoms with Crippen LogP contribution in [0.15, 0.2) is 53.7 Å². The van der Waals surface area contributed by atoms with Crippen LogP contribution in [0.25, 0.3) is 5.69 Å². The summed E-state index contributed by atoms with van der Waals surface area (Å²) < 4.78 is 7.13. The molecule has 0 atom stereocenters. The molecule has 1 amide bonds. The summed E-state index contributed by atoms with van der Waals surface area (Å²) >= 11 is 7.83. The number of carbonyl (C=O) groups excluding carboxylic acids is 1. The van der Waals surface area contributed by atoms with Crippen LogP contribution in [-0.2, 0) is 6.54 Å². The van der Waals surface area contributed by atoms with Crippen molar-refractivity contribution >= 4 is 29.3 Å². The number of hydrogen-bond donors (Lipinski definition) is 1. The van der Waals surface area contributed by atoms with E-state index >= 15 is 0 Å². The van der Waals surface area contributed by atoms with Crippen molar-refractivity contribution in [3.8, 4) is 11.4 Å². The molecule has 29 heavy (non-hydrogen) atoms. The maximum Gasteiger partial charge on any atom is 0.251 e. The average molecular weight is 431 g/mol. The number of carbonyl (C=O) groups is 1.